The maximum Gasteiger partial charge on any atom is 0.231 e. The average Bonchev–Trinajstić information content (AvgIpc) is 3.36. The van der Waals surface area contributed by atoms with Gasteiger partial charge in [0, 0.05) is 18.8 Å². The third kappa shape index (κ3) is 4.09. The van der Waals surface area contributed by atoms with Crippen molar-refractivity contribution in [1.29, 1.82) is 0 Å². The van der Waals surface area contributed by atoms with E-state index in [9.17, 15) is 4.79 Å². The Kier molecular flexibility index (Phi) is 5.59. The smallest absolute Gasteiger partial charge is 0.231 e. The van der Waals surface area contributed by atoms with Crippen molar-refractivity contribution in [2.75, 3.05) is 18.0 Å². The molecule has 0 amide bonds. The fraction of sp³-hybridized carbons (Fsp3) is 0.400. The molecule has 1 aliphatic heterocycles. The zero-order chi connectivity index (χ0) is 18.6. The number of thiazole rings is 1. The van der Waals surface area contributed by atoms with E-state index in [-0.39, 0.29) is 0 Å². The molecule has 3 aromatic rings. The van der Waals surface area contributed by atoms with Gasteiger partial charge < -0.3 is 4.90 Å². The molecule has 3 heterocycles. The second kappa shape index (κ2) is 8.27. The highest BCUT2D eigenvalue weighted by molar-refractivity contribution is 7.29. The number of nitrogens with zero attached hydrogens (tertiary/aromatic N) is 4. The maximum absolute atomic E-state index is 10.8. The van der Waals surface area contributed by atoms with Crippen molar-refractivity contribution in [3.8, 4) is 0 Å². The molecule has 4 rings (SSSR count). The van der Waals surface area contributed by atoms with E-state index in [1.165, 1.54) is 59.6 Å². The van der Waals surface area contributed by atoms with Gasteiger partial charge in [-0.2, -0.15) is 0 Å². The average molecular weight is 399 g/mol. The normalized spacial score (nSPS) is 13.7. The van der Waals surface area contributed by atoms with Crippen LogP contribution in [0.25, 0.3) is 9.53 Å². The minimum atomic E-state index is 0.631. The van der Waals surface area contributed by atoms with E-state index in [1.54, 1.807) is 0 Å². The molecule has 5 nitrogen and oxygen atoms in total. The summed E-state index contributed by atoms with van der Waals surface area (Å²) in [5.74, 6) is 0. The molecule has 0 fully saturated rings. The number of benzene rings is 1. The van der Waals surface area contributed by atoms with Crippen LogP contribution in [0.5, 0.6) is 0 Å². The van der Waals surface area contributed by atoms with Crippen molar-refractivity contribution in [3.63, 3.8) is 0 Å². The van der Waals surface area contributed by atoms with Gasteiger partial charge in [-0.25, -0.2) is 4.98 Å². The van der Waals surface area contributed by atoms with Gasteiger partial charge in [-0.05, 0) is 42.7 Å². The highest BCUT2D eigenvalue weighted by atomic mass is 32.1. The van der Waals surface area contributed by atoms with Gasteiger partial charge in [-0.15, -0.1) is 21.6 Å². The SMILES string of the molecule is CCCCCCN1CCc2cc(N=Nc3nc4sc(C=O)cc4s3)ccc21. The second-order valence-corrected chi connectivity index (χ2v) is 8.81. The van der Waals surface area contributed by atoms with Crippen molar-refractivity contribution in [2.45, 2.75) is 39.0 Å². The first kappa shape index (κ1) is 18.3. The third-order valence-electron chi connectivity index (χ3n) is 4.80. The molecule has 27 heavy (non-hydrogen) atoms. The summed E-state index contributed by atoms with van der Waals surface area (Å²) in [6, 6.07) is 8.21. The van der Waals surface area contributed by atoms with E-state index in [4.69, 9.17) is 0 Å². The zero-order valence-electron chi connectivity index (χ0n) is 15.4. The molecular weight excluding hydrogens is 376 g/mol. The standard InChI is InChI=1S/C20H22N4OS2/c1-2-3-4-5-9-24-10-8-14-11-15(6-7-17(14)24)22-23-20-21-19-18(27-20)12-16(13-25)26-19/h6-7,11-13H,2-5,8-10H2,1H3. The largest absolute Gasteiger partial charge is 0.371 e. The van der Waals surface area contributed by atoms with E-state index in [0.29, 0.717) is 10.0 Å². The first-order chi connectivity index (χ1) is 13.3. The van der Waals surface area contributed by atoms with Gasteiger partial charge in [-0.1, -0.05) is 37.5 Å². The van der Waals surface area contributed by atoms with E-state index < -0.39 is 0 Å². The molecule has 140 valence electrons. The van der Waals surface area contributed by atoms with Gasteiger partial charge in [-0.3, -0.25) is 4.79 Å². The van der Waals surface area contributed by atoms with Gasteiger partial charge in [0.05, 0.1) is 15.3 Å². The van der Waals surface area contributed by atoms with Gasteiger partial charge >= 0.3 is 0 Å². The molecule has 2 aromatic heterocycles. The number of aldehydes is 1. The van der Waals surface area contributed by atoms with E-state index in [1.807, 2.05) is 12.1 Å². The molecule has 0 aliphatic carbocycles. The Hall–Kier alpha value is -2.12. The number of carbonyl (C=O) groups excluding carboxylic acids is 1. The van der Waals surface area contributed by atoms with E-state index in [0.717, 1.165) is 41.0 Å². The fourth-order valence-corrected chi connectivity index (χ4v) is 5.28. The number of unbranched alkanes of at least 4 members (excludes halogenated alkanes) is 3. The number of carbonyl (C=O) groups is 1. The molecule has 0 saturated heterocycles. The van der Waals surface area contributed by atoms with Gasteiger partial charge in [0.25, 0.3) is 0 Å². The lowest BCUT2D eigenvalue weighted by molar-refractivity contribution is 0.112. The van der Waals surface area contributed by atoms with Crippen LogP contribution in [-0.2, 0) is 6.42 Å². The lowest BCUT2D eigenvalue weighted by atomic mass is 10.1. The summed E-state index contributed by atoms with van der Waals surface area (Å²) in [6.07, 6.45) is 7.12. The summed E-state index contributed by atoms with van der Waals surface area (Å²) < 4.78 is 0.990. The number of aromatic nitrogens is 1. The first-order valence-electron chi connectivity index (χ1n) is 9.42. The van der Waals surface area contributed by atoms with Crippen LogP contribution in [0.3, 0.4) is 0 Å². The van der Waals surface area contributed by atoms with Gasteiger partial charge in [0.15, 0.2) is 6.29 Å². The Morgan fingerprint density at radius 1 is 1.19 bits per heavy atom. The summed E-state index contributed by atoms with van der Waals surface area (Å²) >= 11 is 2.85. The highest BCUT2D eigenvalue weighted by Crippen LogP contribution is 2.35. The van der Waals surface area contributed by atoms with Crippen molar-refractivity contribution >= 4 is 55.0 Å². The summed E-state index contributed by atoms with van der Waals surface area (Å²) in [5, 5.41) is 9.30. The minimum Gasteiger partial charge on any atom is -0.371 e. The van der Waals surface area contributed by atoms with Crippen LogP contribution in [0.15, 0.2) is 34.5 Å². The molecule has 0 bridgehead atoms. The van der Waals surface area contributed by atoms with Crippen molar-refractivity contribution in [2.24, 2.45) is 10.2 Å². The Bertz CT molecular complexity index is 944. The Labute approximate surface area is 166 Å². The van der Waals surface area contributed by atoms with Gasteiger partial charge in [0.2, 0.25) is 5.13 Å². The molecule has 0 N–H and O–H groups in total. The van der Waals surface area contributed by atoms with Crippen LogP contribution >= 0.6 is 22.7 Å². The number of hydrogen-bond donors (Lipinski definition) is 0. The van der Waals surface area contributed by atoms with Crippen LogP contribution in [0.4, 0.5) is 16.5 Å². The monoisotopic (exact) mass is 398 g/mol. The summed E-state index contributed by atoms with van der Waals surface area (Å²) in [5.41, 5.74) is 3.58. The molecule has 1 aliphatic rings. The van der Waals surface area contributed by atoms with E-state index >= 15 is 0 Å². The number of rotatable bonds is 8. The Balaban J connectivity index is 1.43. The molecule has 7 heteroatoms. The van der Waals surface area contributed by atoms with Crippen LogP contribution < -0.4 is 4.90 Å². The molecular formula is C20H22N4OS2. The molecule has 1 aromatic carbocycles. The quantitative estimate of drug-likeness (QED) is 0.246. The Morgan fingerprint density at radius 2 is 2.11 bits per heavy atom. The highest BCUT2D eigenvalue weighted by Gasteiger charge is 2.18. The van der Waals surface area contributed by atoms with Crippen molar-refractivity contribution < 1.29 is 4.79 Å². The molecule has 0 saturated carbocycles. The Morgan fingerprint density at radius 3 is 2.93 bits per heavy atom. The molecule has 0 radical (unpaired) electrons. The summed E-state index contributed by atoms with van der Waals surface area (Å²) in [7, 11) is 0. The van der Waals surface area contributed by atoms with Crippen molar-refractivity contribution in [1.82, 2.24) is 4.98 Å². The van der Waals surface area contributed by atoms with Crippen LogP contribution in [0, 0.1) is 0 Å². The third-order valence-corrected chi connectivity index (χ3v) is 6.77. The van der Waals surface area contributed by atoms with Gasteiger partial charge in [0.1, 0.15) is 4.83 Å². The minimum absolute atomic E-state index is 0.631. The van der Waals surface area contributed by atoms with Crippen molar-refractivity contribution in [3.05, 3.63) is 34.7 Å². The second-order valence-electron chi connectivity index (χ2n) is 6.74. The molecule has 0 atom stereocenters. The molecule has 0 unspecified atom stereocenters. The summed E-state index contributed by atoms with van der Waals surface area (Å²) in [6.45, 7) is 4.50. The number of fused-ring (bicyclic) bond motifs is 2. The first-order valence-corrected chi connectivity index (χ1v) is 11.1. The lowest BCUT2D eigenvalue weighted by Gasteiger charge is -2.19. The predicted octanol–water partition coefficient (Wildman–Crippen LogP) is 6.53. The van der Waals surface area contributed by atoms with Crippen LogP contribution in [-0.4, -0.2) is 24.4 Å². The number of anilines is 1. The number of azo groups is 1. The zero-order valence-corrected chi connectivity index (χ0v) is 17.0. The predicted molar refractivity (Wildman–Crippen MR) is 114 cm³/mol. The lowest BCUT2D eigenvalue weighted by Crippen LogP contribution is -2.21. The van der Waals surface area contributed by atoms with Crippen LogP contribution in [0.2, 0.25) is 0 Å². The fourth-order valence-electron chi connectivity index (χ4n) is 3.42. The number of hydrogen-bond acceptors (Lipinski definition) is 7. The number of thiophene rings is 1. The maximum atomic E-state index is 10.8. The topological polar surface area (TPSA) is 57.9 Å². The summed E-state index contributed by atoms with van der Waals surface area (Å²) in [4.78, 5) is 19.3. The molecule has 0 spiro atoms. The van der Waals surface area contributed by atoms with Crippen LogP contribution in [0.1, 0.15) is 47.8 Å². The van der Waals surface area contributed by atoms with E-state index in [2.05, 4.69) is 39.2 Å².